The van der Waals surface area contributed by atoms with Gasteiger partial charge in [0.25, 0.3) is 11.5 Å². The number of anilines is 1. The normalized spacial score (nSPS) is 14.9. The van der Waals surface area contributed by atoms with Gasteiger partial charge >= 0.3 is 5.97 Å². The van der Waals surface area contributed by atoms with Crippen molar-refractivity contribution in [3.05, 3.63) is 70.3 Å². The zero-order valence-corrected chi connectivity index (χ0v) is 22.5. The van der Waals surface area contributed by atoms with Crippen LogP contribution in [0, 0.1) is 0 Å². The van der Waals surface area contributed by atoms with E-state index >= 15 is 0 Å². The molecule has 0 unspecified atom stereocenters. The fourth-order valence-corrected chi connectivity index (χ4v) is 5.57. The lowest BCUT2D eigenvalue weighted by molar-refractivity contribution is -0.146. The van der Waals surface area contributed by atoms with Crippen molar-refractivity contribution < 1.29 is 19.1 Å². The Hall–Kier alpha value is -4.49. The van der Waals surface area contributed by atoms with Crippen LogP contribution in [0.1, 0.15) is 18.7 Å². The summed E-state index contributed by atoms with van der Waals surface area (Å²) in [4.78, 5) is 58.7. The smallest absolute Gasteiger partial charge is 0.306 e. The molecule has 40 heavy (non-hydrogen) atoms. The minimum Gasteiger partial charge on any atom is -0.495 e. The van der Waals surface area contributed by atoms with E-state index < -0.39 is 23.5 Å². The second kappa shape index (κ2) is 10.6. The van der Waals surface area contributed by atoms with Gasteiger partial charge in [-0.15, -0.1) is 0 Å². The van der Waals surface area contributed by atoms with E-state index in [4.69, 9.17) is 26.1 Å². The van der Waals surface area contributed by atoms with Gasteiger partial charge in [-0.2, -0.15) is 0 Å². The topological polar surface area (TPSA) is 154 Å². The van der Waals surface area contributed by atoms with Crippen molar-refractivity contribution in [1.82, 2.24) is 29.5 Å². The number of hydrogen-bond donors (Lipinski definition) is 2. The molecular formula is C26H20ClN7O5S. The van der Waals surface area contributed by atoms with Crippen molar-refractivity contribution in [2.75, 3.05) is 12.4 Å². The first-order valence-electron chi connectivity index (χ1n) is 12.1. The van der Waals surface area contributed by atoms with E-state index in [9.17, 15) is 14.4 Å². The number of benzene rings is 2. The quantitative estimate of drug-likeness (QED) is 0.166. The summed E-state index contributed by atoms with van der Waals surface area (Å²) in [7, 11) is 1.48. The lowest BCUT2D eigenvalue weighted by Gasteiger charge is -2.18. The number of carbonyl (C=O) groups is 2. The minimum atomic E-state index is -0.874. The van der Waals surface area contributed by atoms with Gasteiger partial charge in [-0.25, -0.2) is 19.9 Å². The summed E-state index contributed by atoms with van der Waals surface area (Å²) in [5, 5.41) is 3.89. The molecule has 2 N–H and O–H groups in total. The summed E-state index contributed by atoms with van der Waals surface area (Å²) in [6.07, 6.45) is 2.56. The second-order valence-electron chi connectivity index (χ2n) is 8.76. The van der Waals surface area contributed by atoms with Gasteiger partial charge in [0.2, 0.25) is 0 Å². The Morgan fingerprint density at radius 3 is 2.92 bits per heavy atom. The first-order chi connectivity index (χ1) is 19.4. The predicted octanol–water partition coefficient (Wildman–Crippen LogP) is 3.65. The molecule has 14 heteroatoms. The van der Waals surface area contributed by atoms with Gasteiger partial charge in [-0.1, -0.05) is 29.4 Å². The molecule has 0 saturated carbocycles. The standard InChI is InChI=1S/C26H20ClN7O5S/c1-38-17-6-5-13(32-24(36)18-7-8-20(35)39-18)9-16(17)34-19(33-15-4-2-3-14(27)21(15)26(34)37)10-40-25-22-23(29-11-28-22)30-12-31-25/h2-6,9,11-12,18H,7-8,10H2,1H3,(H,32,36)(H,28,29,30,31)/t18-/m1/s1. The highest BCUT2D eigenvalue weighted by atomic mass is 35.5. The highest BCUT2D eigenvalue weighted by Gasteiger charge is 2.30. The van der Waals surface area contributed by atoms with Gasteiger partial charge in [0.15, 0.2) is 11.8 Å². The van der Waals surface area contributed by atoms with Crippen molar-refractivity contribution in [3.8, 4) is 11.4 Å². The molecular weight excluding hydrogens is 558 g/mol. The van der Waals surface area contributed by atoms with Crippen LogP contribution in [0.5, 0.6) is 5.75 Å². The number of hydrogen-bond acceptors (Lipinski definition) is 10. The first kappa shape index (κ1) is 25.8. The number of cyclic esters (lactones) is 1. The molecule has 4 heterocycles. The maximum atomic E-state index is 14.0. The summed E-state index contributed by atoms with van der Waals surface area (Å²) in [6.45, 7) is 0. The number of nitrogens with one attached hydrogen (secondary N) is 2. The number of imidazole rings is 1. The van der Waals surface area contributed by atoms with Gasteiger partial charge in [-0.3, -0.25) is 19.0 Å². The number of methoxy groups -OCH3 is 1. The summed E-state index contributed by atoms with van der Waals surface area (Å²) in [5.74, 6) is 0.115. The molecule has 1 amide bonds. The van der Waals surface area contributed by atoms with E-state index in [-0.39, 0.29) is 22.6 Å². The molecule has 2 aromatic carbocycles. The number of esters is 1. The fourth-order valence-electron chi connectivity index (χ4n) is 4.44. The van der Waals surface area contributed by atoms with Crippen LogP contribution in [0.2, 0.25) is 5.02 Å². The van der Waals surface area contributed by atoms with Gasteiger partial charge in [-0.05, 0) is 30.3 Å². The maximum absolute atomic E-state index is 14.0. The molecule has 1 atom stereocenters. The van der Waals surface area contributed by atoms with Crippen LogP contribution in [-0.4, -0.2) is 54.6 Å². The summed E-state index contributed by atoms with van der Waals surface area (Å²) < 4.78 is 12.1. The molecule has 3 aromatic heterocycles. The zero-order valence-electron chi connectivity index (χ0n) is 20.9. The van der Waals surface area contributed by atoms with Crippen LogP contribution in [-0.2, 0) is 20.1 Å². The van der Waals surface area contributed by atoms with Gasteiger partial charge in [0.1, 0.15) is 28.4 Å². The molecule has 0 spiro atoms. The molecule has 202 valence electrons. The number of H-pyrrole nitrogens is 1. The number of thioether (sulfide) groups is 1. The van der Waals surface area contributed by atoms with E-state index in [2.05, 4.69) is 25.3 Å². The Bertz CT molecular complexity index is 1860. The number of rotatable bonds is 7. The van der Waals surface area contributed by atoms with Crippen molar-refractivity contribution >= 4 is 63.0 Å². The van der Waals surface area contributed by atoms with E-state index in [1.807, 2.05) is 0 Å². The third kappa shape index (κ3) is 4.73. The van der Waals surface area contributed by atoms with E-state index in [1.165, 1.54) is 36.1 Å². The number of ether oxygens (including phenoxy) is 2. The average Bonchev–Trinajstić information content (AvgIpc) is 3.61. The molecule has 1 saturated heterocycles. The third-order valence-electron chi connectivity index (χ3n) is 6.31. The third-order valence-corrected chi connectivity index (χ3v) is 7.61. The van der Waals surface area contributed by atoms with E-state index in [0.29, 0.717) is 51.1 Å². The Balaban J connectivity index is 1.45. The number of carbonyl (C=O) groups excluding carboxylic acids is 2. The fraction of sp³-hybridized carbons (Fsp3) is 0.192. The number of aromatic amines is 1. The predicted molar refractivity (Wildman–Crippen MR) is 148 cm³/mol. The molecule has 0 aliphatic carbocycles. The van der Waals surface area contributed by atoms with Crippen LogP contribution in [0.25, 0.3) is 27.8 Å². The molecule has 5 aromatic rings. The van der Waals surface area contributed by atoms with Gasteiger partial charge < -0.3 is 19.8 Å². The Kier molecular flexibility index (Phi) is 6.82. The largest absolute Gasteiger partial charge is 0.495 e. The van der Waals surface area contributed by atoms with Crippen molar-refractivity contribution in [2.45, 2.75) is 29.7 Å². The second-order valence-corrected chi connectivity index (χ2v) is 10.1. The molecule has 1 aliphatic rings. The van der Waals surface area contributed by atoms with Crippen molar-refractivity contribution in [2.24, 2.45) is 0 Å². The van der Waals surface area contributed by atoms with E-state index in [0.717, 1.165) is 0 Å². The van der Waals surface area contributed by atoms with Gasteiger partial charge in [0.05, 0.1) is 40.8 Å². The SMILES string of the molecule is COc1ccc(NC(=O)[C@H]2CCC(=O)O2)cc1-n1c(CSc2ncnc3nc[nH]c23)nc2cccc(Cl)c2c1=O. The Labute approximate surface area is 235 Å². The highest BCUT2D eigenvalue weighted by Crippen LogP contribution is 2.31. The lowest BCUT2D eigenvalue weighted by atomic mass is 10.2. The van der Waals surface area contributed by atoms with Crippen LogP contribution in [0.15, 0.2) is 58.9 Å². The Morgan fingerprint density at radius 1 is 1.25 bits per heavy atom. The highest BCUT2D eigenvalue weighted by molar-refractivity contribution is 7.98. The molecule has 6 rings (SSSR count). The summed E-state index contributed by atoms with van der Waals surface area (Å²) in [5.41, 5.74) is 1.93. The number of amides is 1. The molecule has 1 fully saturated rings. The average molecular weight is 578 g/mol. The minimum absolute atomic E-state index is 0.184. The summed E-state index contributed by atoms with van der Waals surface area (Å²) >= 11 is 7.79. The van der Waals surface area contributed by atoms with Crippen LogP contribution < -0.4 is 15.6 Å². The molecule has 0 bridgehead atoms. The first-order valence-corrected chi connectivity index (χ1v) is 13.4. The number of aromatic nitrogens is 6. The molecule has 12 nitrogen and oxygen atoms in total. The summed E-state index contributed by atoms with van der Waals surface area (Å²) in [6, 6.07) is 9.93. The van der Waals surface area contributed by atoms with Crippen LogP contribution in [0.4, 0.5) is 5.69 Å². The monoisotopic (exact) mass is 577 g/mol. The number of nitrogens with zero attached hydrogens (tertiary/aromatic N) is 5. The van der Waals surface area contributed by atoms with E-state index in [1.54, 1.807) is 36.4 Å². The number of fused-ring (bicyclic) bond motifs is 2. The van der Waals surface area contributed by atoms with Crippen molar-refractivity contribution in [1.29, 1.82) is 0 Å². The lowest BCUT2D eigenvalue weighted by Crippen LogP contribution is -2.28. The molecule has 1 aliphatic heterocycles. The van der Waals surface area contributed by atoms with Crippen molar-refractivity contribution in [3.63, 3.8) is 0 Å². The van der Waals surface area contributed by atoms with Crippen LogP contribution >= 0.6 is 23.4 Å². The Morgan fingerprint density at radius 2 is 2.12 bits per heavy atom. The van der Waals surface area contributed by atoms with Crippen LogP contribution in [0.3, 0.4) is 0 Å². The molecule has 0 radical (unpaired) electrons. The number of halogens is 1. The zero-order chi connectivity index (χ0) is 27.8. The maximum Gasteiger partial charge on any atom is 0.306 e. The van der Waals surface area contributed by atoms with Gasteiger partial charge in [0, 0.05) is 18.5 Å².